The Hall–Kier alpha value is -1.15. The lowest BCUT2D eigenvalue weighted by atomic mass is 10.3. The molecule has 1 aromatic rings. The summed E-state index contributed by atoms with van der Waals surface area (Å²) in [5, 5.41) is 23.4. The molecule has 1 heterocycles. The zero-order valence-electron chi connectivity index (χ0n) is 6.99. The largest absolute Gasteiger partial charge is 0.435 e. The van der Waals surface area contributed by atoms with Crippen molar-refractivity contribution in [2.24, 2.45) is 0 Å². The highest BCUT2D eigenvalue weighted by Gasteiger charge is 2.38. The van der Waals surface area contributed by atoms with E-state index in [1.165, 1.54) is 0 Å². The molecular weight excluding hydrogens is 203 g/mol. The summed E-state index contributed by atoms with van der Waals surface area (Å²) >= 11 is 0. The maximum Gasteiger partial charge on any atom is 0.435 e. The first-order chi connectivity index (χ1) is 6.50. The molecule has 2 N–H and O–H groups in total. The summed E-state index contributed by atoms with van der Waals surface area (Å²) in [6, 6.07) is 0. The standard InChI is InChI=1S/C6H8F3N3O2/c7-6(8,9)5-4(3-14)10-11-12(5)1-2-13/h13-14H,1-3H2. The van der Waals surface area contributed by atoms with Gasteiger partial charge in [0, 0.05) is 0 Å². The number of alkyl halides is 3. The lowest BCUT2D eigenvalue weighted by molar-refractivity contribution is -0.145. The first-order valence-electron chi connectivity index (χ1n) is 3.72. The number of hydrogen-bond donors (Lipinski definition) is 2. The van der Waals surface area contributed by atoms with Crippen LogP contribution in [0.15, 0.2) is 0 Å². The second-order valence-corrected chi connectivity index (χ2v) is 2.49. The number of nitrogens with zero attached hydrogens (tertiary/aromatic N) is 3. The van der Waals surface area contributed by atoms with Crippen LogP contribution in [0.5, 0.6) is 0 Å². The Morgan fingerprint density at radius 1 is 1.29 bits per heavy atom. The van der Waals surface area contributed by atoms with Crippen LogP contribution in [0.4, 0.5) is 13.2 Å². The summed E-state index contributed by atoms with van der Waals surface area (Å²) in [5.74, 6) is 0. The van der Waals surface area contributed by atoms with Gasteiger partial charge in [-0.2, -0.15) is 13.2 Å². The Morgan fingerprint density at radius 2 is 1.93 bits per heavy atom. The lowest BCUT2D eigenvalue weighted by Crippen LogP contribution is -2.18. The number of aromatic nitrogens is 3. The smallest absolute Gasteiger partial charge is 0.394 e. The number of hydrogen-bond acceptors (Lipinski definition) is 4. The summed E-state index contributed by atoms with van der Waals surface area (Å²) in [4.78, 5) is 0. The molecule has 0 aliphatic rings. The highest BCUT2D eigenvalue weighted by Crippen LogP contribution is 2.30. The monoisotopic (exact) mass is 211 g/mol. The molecule has 0 fully saturated rings. The summed E-state index contributed by atoms with van der Waals surface area (Å²) in [6.07, 6.45) is -4.63. The molecule has 0 aliphatic heterocycles. The minimum atomic E-state index is -4.63. The Kier molecular flexibility index (Phi) is 3.06. The van der Waals surface area contributed by atoms with E-state index in [2.05, 4.69) is 10.3 Å². The van der Waals surface area contributed by atoms with E-state index in [9.17, 15) is 13.2 Å². The van der Waals surface area contributed by atoms with E-state index in [1.807, 2.05) is 0 Å². The van der Waals surface area contributed by atoms with Crippen LogP contribution < -0.4 is 0 Å². The van der Waals surface area contributed by atoms with Gasteiger partial charge in [-0.05, 0) is 0 Å². The van der Waals surface area contributed by atoms with Crippen molar-refractivity contribution in [2.45, 2.75) is 19.3 Å². The van der Waals surface area contributed by atoms with Gasteiger partial charge in [0.25, 0.3) is 0 Å². The van der Waals surface area contributed by atoms with Crippen molar-refractivity contribution in [1.82, 2.24) is 15.0 Å². The molecule has 1 aromatic heterocycles. The molecule has 0 bridgehead atoms. The molecular formula is C6H8F3N3O2. The van der Waals surface area contributed by atoms with Crippen LogP contribution in [0.3, 0.4) is 0 Å². The van der Waals surface area contributed by atoms with E-state index in [0.29, 0.717) is 4.68 Å². The molecule has 0 spiro atoms. The molecule has 80 valence electrons. The summed E-state index contributed by atoms with van der Waals surface area (Å²) in [7, 11) is 0. The molecule has 5 nitrogen and oxygen atoms in total. The Labute approximate surface area is 76.8 Å². The van der Waals surface area contributed by atoms with Crippen LogP contribution in [0.2, 0.25) is 0 Å². The van der Waals surface area contributed by atoms with E-state index in [4.69, 9.17) is 10.2 Å². The van der Waals surface area contributed by atoms with E-state index < -0.39 is 30.8 Å². The van der Waals surface area contributed by atoms with Gasteiger partial charge < -0.3 is 10.2 Å². The molecule has 14 heavy (non-hydrogen) atoms. The number of rotatable bonds is 3. The van der Waals surface area contributed by atoms with Gasteiger partial charge in [0.2, 0.25) is 0 Å². The third-order valence-electron chi connectivity index (χ3n) is 1.53. The third-order valence-corrected chi connectivity index (χ3v) is 1.53. The first kappa shape index (κ1) is 10.9. The van der Waals surface area contributed by atoms with Crippen molar-refractivity contribution >= 4 is 0 Å². The van der Waals surface area contributed by atoms with E-state index in [-0.39, 0.29) is 6.54 Å². The predicted octanol–water partition coefficient (Wildman–Crippen LogP) is -0.218. The van der Waals surface area contributed by atoms with Crippen LogP contribution in [-0.2, 0) is 19.3 Å². The van der Waals surface area contributed by atoms with Crippen molar-refractivity contribution in [2.75, 3.05) is 6.61 Å². The van der Waals surface area contributed by atoms with Gasteiger partial charge in [-0.1, -0.05) is 5.21 Å². The second-order valence-electron chi connectivity index (χ2n) is 2.49. The Balaban J connectivity index is 3.13. The molecule has 0 aliphatic carbocycles. The highest BCUT2D eigenvalue weighted by atomic mass is 19.4. The van der Waals surface area contributed by atoms with E-state index in [1.54, 1.807) is 0 Å². The van der Waals surface area contributed by atoms with Gasteiger partial charge in [-0.25, -0.2) is 4.68 Å². The summed E-state index contributed by atoms with van der Waals surface area (Å²) in [5.41, 5.74) is -1.65. The van der Waals surface area contributed by atoms with Crippen LogP contribution >= 0.6 is 0 Å². The molecule has 0 atom stereocenters. The van der Waals surface area contributed by atoms with Gasteiger partial charge in [-0.15, -0.1) is 5.10 Å². The fraction of sp³-hybridized carbons (Fsp3) is 0.667. The molecule has 8 heteroatoms. The third kappa shape index (κ3) is 2.02. The minimum absolute atomic E-state index is 0.304. The van der Waals surface area contributed by atoms with Crippen molar-refractivity contribution in [1.29, 1.82) is 0 Å². The van der Waals surface area contributed by atoms with Crippen LogP contribution in [0.25, 0.3) is 0 Å². The highest BCUT2D eigenvalue weighted by molar-refractivity contribution is 5.12. The fourth-order valence-corrected chi connectivity index (χ4v) is 1.02. The fourth-order valence-electron chi connectivity index (χ4n) is 1.02. The maximum absolute atomic E-state index is 12.4. The first-order valence-corrected chi connectivity index (χ1v) is 3.72. The minimum Gasteiger partial charge on any atom is -0.394 e. The van der Waals surface area contributed by atoms with E-state index in [0.717, 1.165) is 0 Å². The SMILES string of the molecule is OCCn1nnc(CO)c1C(F)(F)F. The molecule has 0 unspecified atom stereocenters. The Bertz CT molecular complexity index is 310. The normalized spacial score (nSPS) is 12.1. The summed E-state index contributed by atoms with van der Waals surface area (Å²) in [6.45, 7) is -1.61. The number of halogens is 3. The average Bonchev–Trinajstić information content (AvgIpc) is 2.47. The zero-order valence-corrected chi connectivity index (χ0v) is 6.99. The van der Waals surface area contributed by atoms with Crippen molar-refractivity contribution in [3.8, 4) is 0 Å². The van der Waals surface area contributed by atoms with Gasteiger partial charge in [0.05, 0.1) is 19.8 Å². The molecule has 0 aromatic carbocycles. The zero-order chi connectivity index (χ0) is 10.8. The van der Waals surface area contributed by atoms with Crippen LogP contribution in [-0.4, -0.2) is 31.8 Å². The number of aliphatic hydroxyl groups is 2. The van der Waals surface area contributed by atoms with Gasteiger partial charge in [-0.3, -0.25) is 0 Å². The molecule has 0 saturated heterocycles. The average molecular weight is 211 g/mol. The van der Waals surface area contributed by atoms with Crippen LogP contribution in [0.1, 0.15) is 11.4 Å². The molecule has 0 saturated carbocycles. The van der Waals surface area contributed by atoms with Crippen molar-refractivity contribution in [3.05, 3.63) is 11.4 Å². The topological polar surface area (TPSA) is 71.2 Å². The molecule has 0 amide bonds. The van der Waals surface area contributed by atoms with Gasteiger partial charge in [0.1, 0.15) is 5.69 Å². The lowest BCUT2D eigenvalue weighted by Gasteiger charge is -2.08. The molecule has 1 rings (SSSR count). The van der Waals surface area contributed by atoms with Crippen LogP contribution in [0, 0.1) is 0 Å². The van der Waals surface area contributed by atoms with Gasteiger partial charge in [0.15, 0.2) is 5.69 Å². The molecule has 0 radical (unpaired) electrons. The van der Waals surface area contributed by atoms with E-state index >= 15 is 0 Å². The number of aliphatic hydroxyl groups excluding tert-OH is 2. The maximum atomic E-state index is 12.4. The van der Waals surface area contributed by atoms with Gasteiger partial charge >= 0.3 is 6.18 Å². The van der Waals surface area contributed by atoms with Crippen molar-refractivity contribution < 1.29 is 23.4 Å². The Morgan fingerprint density at radius 3 is 2.36 bits per heavy atom. The predicted molar refractivity (Wildman–Crippen MR) is 38.0 cm³/mol. The second kappa shape index (κ2) is 3.93. The summed E-state index contributed by atoms with van der Waals surface area (Å²) < 4.78 is 37.6. The quantitative estimate of drug-likeness (QED) is 0.725. The van der Waals surface area contributed by atoms with Crippen molar-refractivity contribution in [3.63, 3.8) is 0 Å².